The molecule has 0 aliphatic carbocycles. The Labute approximate surface area is 199 Å². The molecule has 2 N–H and O–H groups in total. The third-order valence-electron chi connectivity index (χ3n) is 4.70. The van der Waals surface area contributed by atoms with E-state index in [9.17, 15) is 4.79 Å². The van der Waals surface area contributed by atoms with Crippen LogP contribution in [0.3, 0.4) is 0 Å². The number of nitrogens with zero attached hydrogens (tertiary/aromatic N) is 4. The molecule has 166 valence electrons. The minimum Gasteiger partial charge on any atom is -0.378 e. The number of thioether (sulfide) groups is 1. The van der Waals surface area contributed by atoms with Gasteiger partial charge in [-0.1, -0.05) is 45.9 Å². The molecule has 0 spiro atoms. The van der Waals surface area contributed by atoms with E-state index in [0.717, 1.165) is 21.4 Å². The first-order valence-electron chi connectivity index (χ1n) is 10.2. The van der Waals surface area contributed by atoms with E-state index in [1.807, 2.05) is 55.5 Å². The fourth-order valence-corrected chi connectivity index (χ4v) is 3.95. The van der Waals surface area contributed by atoms with E-state index in [2.05, 4.69) is 46.4 Å². The standard InChI is InChI=1S/C22H23BrN6O2S/c1-15-13-17(7-8-18(15)23)24-19(30)14-32-22-27-20(25-16-5-3-2-4-6-16)26-21(28-22)29-9-11-31-12-10-29/h2-8,13H,9-12,14H2,1H3,(H,24,30)(H,25,26,27,28). The maximum Gasteiger partial charge on any atom is 0.234 e. The summed E-state index contributed by atoms with van der Waals surface area (Å²) in [4.78, 5) is 28.2. The van der Waals surface area contributed by atoms with Crippen LogP contribution in [-0.2, 0) is 9.53 Å². The van der Waals surface area contributed by atoms with Crippen LogP contribution in [0.2, 0.25) is 0 Å². The molecule has 0 unspecified atom stereocenters. The van der Waals surface area contributed by atoms with E-state index in [4.69, 9.17) is 4.74 Å². The summed E-state index contributed by atoms with van der Waals surface area (Å²) in [5, 5.41) is 6.63. The Hall–Kier alpha value is -2.69. The molecular weight excluding hydrogens is 492 g/mol. The first kappa shape index (κ1) is 22.5. The van der Waals surface area contributed by atoms with E-state index < -0.39 is 0 Å². The van der Waals surface area contributed by atoms with Crippen molar-refractivity contribution in [3.05, 3.63) is 58.6 Å². The molecule has 2 heterocycles. The van der Waals surface area contributed by atoms with Gasteiger partial charge >= 0.3 is 0 Å². The maximum absolute atomic E-state index is 12.5. The molecule has 3 aromatic rings. The average Bonchev–Trinajstić information content (AvgIpc) is 2.81. The third kappa shape index (κ3) is 6.18. The summed E-state index contributed by atoms with van der Waals surface area (Å²) in [5.41, 5.74) is 2.69. The molecule has 1 aromatic heterocycles. The zero-order chi connectivity index (χ0) is 22.3. The molecule has 1 aliphatic heterocycles. The highest BCUT2D eigenvalue weighted by atomic mass is 79.9. The van der Waals surface area contributed by atoms with Crippen molar-refractivity contribution in [2.45, 2.75) is 12.1 Å². The van der Waals surface area contributed by atoms with Crippen molar-refractivity contribution < 1.29 is 9.53 Å². The Balaban J connectivity index is 1.47. The van der Waals surface area contributed by atoms with E-state index in [0.29, 0.717) is 43.4 Å². The van der Waals surface area contributed by atoms with Crippen molar-refractivity contribution >= 4 is 56.9 Å². The molecule has 2 aromatic carbocycles. The number of carbonyl (C=O) groups is 1. The lowest BCUT2D eigenvalue weighted by Crippen LogP contribution is -2.37. The van der Waals surface area contributed by atoms with Crippen molar-refractivity contribution in [2.24, 2.45) is 0 Å². The summed E-state index contributed by atoms with van der Waals surface area (Å²) >= 11 is 4.75. The Morgan fingerprint density at radius 2 is 1.88 bits per heavy atom. The highest BCUT2D eigenvalue weighted by molar-refractivity contribution is 9.10. The molecule has 32 heavy (non-hydrogen) atoms. The first-order valence-corrected chi connectivity index (χ1v) is 11.9. The molecule has 1 fully saturated rings. The number of carbonyl (C=O) groups excluding carboxylic acids is 1. The molecule has 0 bridgehead atoms. The van der Waals surface area contributed by atoms with Crippen molar-refractivity contribution in [1.29, 1.82) is 0 Å². The molecule has 0 atom stereocenters. The predicted molar refractivity (Wildman–Crippen MR) is 131 cm³/mol. The van der Waals surface area contributed by atoms with Gasteiger partial charge in [0, 0.05) is 28.9 Å². The van der Waals surface area contributed by atoms with Crippen LogP contribution in [0.15, 0.2) is 58.2 Å². The topological polar surface area (TPSA) is 92.3 Å². The molecule has 1 saturated heterocycles. The van der Waals surface area contributed by atoms with Gasteiger partial charge in [-0.3, -0.25) is 4.79 Å². The van der Waals surface area contributed by atoms with E-state index >= 15 is 0 Å². The van der Waals surface area contributed by atoms with E-state index in [1.165, 1.54) is 11.8 Å². The Bertz CT molecular complexity index is 1080. The van der Waals surface area contributed by atoms with Gasteiger partial charge in [-0.25, -0.2) is 0 Å². The van der Waals surface area contributed by atoms with Crippen LogP contribution in [0, 0.1) is 6.92 Å². The lowest BCUT2D eigenvalue weighted by molar-refractivity contribution is -0.113. The second kappa shape index (κ2) is 10.8. The van der Waals surface area contributed by atoms with Gasteiger partial charge in [0.25, 0.3) is 0 Å². The largest absolute Gasteiger partial charge is 0.378 e. The summed E-state index contributed by atoms with van der Waals surface area (Å²) in [6.45, 7) is 4.66. The SMILES string of the molecule is Cc1cc(NC(=O)CSc2nc(Nc3ccccc3)nc(N3CCOCC3)n2)ccc1Br. The highest BCUT2D eigenvalue weighted by Crippen LogP contribution is 2.23. The van der Waals surface area contributed by atoms with Gasteiger partial charge in [0.15, 0.2) is 5.16 Å². The monoisotopic (exact) mass is 514 g/mol. The van der Waals surface area contributed by atoms with E-state index in [1.54, 1.807) is 0 Å². The number of aromatic nitrogens is 3. The third-order valence-corrected chi connectivity index (χ3v) is 6.44. The number of hydrogen-bond acceptors (Lipinski definition) is 8. The summed E-state index contributed by atoms with van der Waals surface area (Å²) in [6.07, 6.45) is 0. The summed E-state index contributed by atoms with van der Waals surface area (Å²) < 4.78 is 6.44. The van der Waals surface area contributed by atoms with Gasteiger partial charge in [0.05, 0.1) is 19.0 Å². The normalized spacial score (nSPS) is 13.6. The number of benzene rings is 2. The van der Waals surface area contributed by atoms with E-state index in [-0.39, 0.29) is 11.7 Å². The van der Waals surface area contributed by atoms with Crippen LogP contribution < -0.4 is 15.5 Å². The molecule has 10 heteroatoms. The van der Waals surface area contributed by atoms with Gasteiger partial charge in [-0.05, 0) is 42.8 Å². The minimum atomic E-state index is -0.123. The lowest BCUT2D eigenvalue weighted by Gasteiger charge is -2.27. The molecule has 8 nitrogen and oxygen atoms in total. The second-order valence-corrected chi connectivity index (χ2v) is 8.93. The molecule has 1 amide bonds. The van der Waals surface area contributed by atoms with Crippen LogP contribution >= 0.6 is 27.7 Å². The zero-order valence-corrected chi connectivity index (χ0v) is 19.9. The number of nitrogens with one attached hydrogen (secondary N) is 2. The highest BCUT2D eigenvalue weighted by Gasteiger charge is 2.17. The number of ether oxygens (including phenoxy) is 1. The van der Waals surface area contributed by atoms with Crippen molar-refractivity contribution in [2.75, 3.05) is 47.6 Å². The Morgan fingerprint density at radius 3 is 2.62 bits per heavy atom. The zero-order valence-electron chi connectivity index (χ0n) is 17.5. The van der Waals surface area contributed by atoms with Crippen LogP contribution in [0.25, 0.3) is 0 Å². The van der Waals surface area contributed by atoms with Gasteiger partial charge in [0.2, 0.25) is 17.8 Å². The number of halogens is 1. The van der Waals surface area contributed by atoms with Crippen molar-refractivity contribution in [3.8, 4) is 0 Å². The van der Waals surface area contributed by atoms with Crippen molar-refractivity contribution in [1.82, 2.24) is 15.0 Å². The number of aryl methyl sites for hydroxylation is 1. The molecule has 0 saturated carbocycles. The molecule has 1 aliphatic rings. The first-order chi connectivity index (χ1) is 15.6. The Morgan fingerprint density at radius 1 is 1.09 bits per heavy atom. The van der Waals surface area contributed by atoms with Gasteiger partial charge < -0.3 is 20.3 Å². The number of para-hydroxylation sites is 1. The lowest BCUT2D eigenvalue weighted by atomic mass is 10.2. The fourth-order valence-electron chi connectivity index (χ4n) is 3.07. The van der Waals surface area contributed by atoms with Crippen LogP contribution in [-0.4, -0.2) is 52.9 Å². The average molecular weight is 515 g/mol. The fraction of sp³-hybridized carbons (Fsp3) is 0.273. The number of rotatable bonds is 7. The smallest absolute Gasteiger partial charge is 0.234 e. The molecule has 0 radical (unpaired) electrons. The number of anilines is 4. The van der Waals surface area contributed by atoms with Gasteiger partial charge in [-0.2, -0.15) is 15.0 Å². The van der Waals surface area contributed by atoms with Crippen LogP contribution in [0.4, 0.5) is 23.3 Å². The van der Waals surface area contributed by atoms with Gasteiger partial charge in [-0.15, -0.1) is 0 Å². The number of hydrogen-bond donors (Lipinski definition) is 2. The second-order valence-electron chi connectivity index (χ2n) is 7.13. The van der Waals surface area contributed by atoms with Gasteiger partial charge in [0.1, 0.15) is 0 Å². The van der Waals surface area contributed by atoms with Crippen LogP contribution in [0.1, 0.15) is 5.56 Å². The predicted octanol–water partition coefficient (Wildman–Crippen LogP) is 4.25. The molecule has 4 rings (SSSR count). The quantitative estimate of drug-likeness (QED) is 0.452. The maximum atomic E-state index is 12.5. The minimum absolute atomic E-state index is 0.123. The van der Waals surface area contributed by atoms with Crippen molar-refractivity contribution in [3.63, 3.8) is 0 Å². The molecular formula is C22H23BrN6O2S. The van der Waals surface area contributed by atoms with Crippen LogP contribution in [0.5, 0.6) is 0 Å². The summed E-state index contributed by atoms with van der Waals surface area (Å²) in [7, 11) is 0. The number of morpholine rings is 1. The number of amides is 1. The Kier molecular flexibility index (Phi) is 7.56. The summed E-state index contributed by atoms with van der Waals surface area (Å²) in [5.74, 6) is 1.09. The summed E-state index contributed by atoms with van der Waals surface area (Å²) in [6, 6.07) is 15.4.